The van der Waals surface area contributed by atoms with Crippen molar-refractivity contribution in [1.29, 1.82) is 0 Å². The minimum atomic E-state index is -4.67. The van der Waals surface area contributed by atoms with Crippen molar-refractivity contribution >= 4 is 33.7 Å². The van der Waals surface area contributed by atoms with E-state index in [1.165, 1.54) is 25.3 Å². The number of hydrogen-bond donors (Lipinski definition) is 0. The molecule has 11 nitrogen and oxygen atoms in total. The first-order chi connectivity index (χ1) is 18.9. The van der Waals surface area contributed by atoms with Gasteiger partial charge in [0.25, 0.3) is 0 Å². The summed E-state index contributed by atoms with van der Waals surface area (Å²) in [4.78, 5) is 20.0. The fraction of sp³-hybridized carbons (Fsp3) is 0.500. The van der Waals surface area contributed by atoms with Crippen molar-refractivity contribution in [2.24, 2.45) is 0 Å². The van der Waals surface area contributed by atoms with Gasteiger partial charge in [-0.15, -0.1) is 0 Å². The average Bonchev–Trinajstić information content (AvgIpc) is 2.88. The lowest BCUT2D eigenvalue weighted by Gasteiger charge is -2.31. The maximum absolute atomic E-state index is 13.3. The van der Waals surface area contributed by atoms with Gasteiger partial charge < -0.3 is 23.3 Å². The summed E-state index contributed by atoms with van der Waals surface area (Å²) in [5, 5.41) is -0.436. The van der Waals surface area contributed by atoms with Crippen molar-refractivity contribution in [2.45, 2.75) is 19.5 Å². The lowest BCUT2D eigenvalue weighted by molar-refractivity contribution is -0.137. The van der Waals surface area contributed by atoms with Crippen molar-refractivity contribution in [3.05, 3.63) is 41.0 Å². The van der Waals surface area contributed by atoms with Crippen LogP contribution < -0.4 is 14.4 Å². The van der Waals surface area contributed by atoms with E-state index in [4.69, 9.17) is 30.0 Å². The van der Waals surface area contributed by atoms with Crippen LogP contribution in [0.2, 0.25) is 5.02 Å². The molecule has 0 bridgehead atoms. The molecule has 1 aromatic carbocycles. The van der Waals surface area contributed by atoms with Gasteiger partial charge in [0.1, 0.15) is 23.1 Å². The monoisotopic (exact) mass is 610 g/mol. The van der Waals surface area contributed by atoms with Gasteiger partial charge >= 0.3 is 22.6 Å². The highest BCUT2D eigenvalue weighted by molar-refractivity contribution is 7.84. The van der Waals surface area contributed by atoms with Crippen LogP contribution >= 0.6 is 11.6 Å². The zero-order valence-electron chi connectivity index (χ0n) is 22.1. The molecule has 0 atom stereocenters. The topological polar surface area (TPSA) is 111 Å². The fourth-order valence-electron chi connectivity index (χ4n) is 3.68. The third-order valence-electron chi connectivity index (χ3n) is 5.74. The van der Waals surface area contributed by atoms with Crippen LogP contribution in [0.1, 0.15) is 18.9 Å². The van der Waals surface area contributed by atoms with Crippen LogP contribution in [0.25, 0.3) is 0 Å². The van der Waals surface area contributed by atoms with E-state index in [1.54, 1.807) is 6.92 Å². The third-order valence-corrected chi connectivity index (χ3v) is 7.36. The van der Waals surface area contributed by atoms with E-state index in [2.05, 4.69) is 4.98 Å². The normalized spacial score (nSPS) is 15.1. The Morgan fingerprint density at radius 3 is 2.42 bits per heavy atom. The molecule has 1 saturated heterocycles. The van der Waals surface area contributed by atoms with Crippen LogP contribution in [0.5, 0.6) is 17.4 Å². The predicted molar refractivity (Wildman–Crippen MR) is 140 cm³/mol. The number of piperazine rings is 1. The first kappa shape index (κ1) is 31.7. The molecule has 16 heteroatoms. The fourth-order valence-corrected chi connectivity index (χ4v) is 4.87. The molecular weight excluding hydrogens is 581 g/mol. The van der Waals surface area contributed by atoms with Crippen molar-refractivity contribution in [2.75, 3.05) is 65.0 Å². The molecule has 2 aromatic rings. The number of pyridine rings is 1. The highest BCUT2D eigenvalue weighted by Crippen LogP contribution is 2.42. The first-order valence-corrected chi connectivity index (χ1v) is 14.0. The zero-order chi connectivity index (χ0) is 29.5. The number of aromatic nitrogens is 1. The molecule has 0 N–H and O–H groups in total. The zero-order valence-corrected chi connectivity index (χ0v) is 23.7. The van der Waals surface area contributed by atoms with Crippen LogP contribution in [0.15, 0.2) is 30.5 Å². The molecule has 3 rings (SSSR count). The quantitative estimate of drug-likeness (QED) is 0.342. The molecule has 1 aromatic heterocycles. The summed E-state index contributed by atoms with van der Waals surface area (Å²) in [6.07, 6.45) is -4.97. The Bertz CT molecular complexity index is 1280. The van der Waals surface area contributed by atoms with Crippen LogP contribution in [0.3, 0.4) is 0 Å². The molecule has 1 aliphatic rings. The average molecular weight is 611 g/mol. The maximum atomic E-state index is 13.3. The maximum Gasteiger partial charge on any atom is 0.431 e. The highest BCUT2D eigenvalue weighted by Gasteiger charge is 2.35. The Hall–Kier alpha value is -2.85. The summed E-state index contributed by atoms with van der Waals surface area (Å²) in [6.45, 7) is 3.18. The van der Waals surface area contributed by atoms with E-state index < -0.39 is 33.2 Å². The van der Waals surface area contributed by atoms with E-state index in [-0.39, 0.29) is 55.9 Å². The molecule has 0 spiro atoms. The summed E-state index contributed by atoms with van der Waals surface area (Å²) < 4.78 is 87.7. The second-order valence-electron chi connectivity index (χ2n) is 8.72. The Labute approximate surface area is 235 Å². The predicted octanol–water partition coefficient (Wildman–Crippen LogP) is 4.42. The number of amides is 1. The molecule has 0 aliphatic carbocycles. The van der Waals surface area contributed by atoms with Crippen molar-refractivity contribution in [3.8, 4) is 17.4 Å². The minimum absolute atomic E-state index is 0.0216. The lowest BCUT2D eigenvalue weighted by atomic mass is 10.2. The standard InChI is InChI=1S/C24H30ClF3N4O7S/c1-4-8-32(23(33)39-40(34,35)31-11-9-30(2)10-12-31)21-19(37-14-13-36-3)6-5-7-20(21)38-22-18(25)15-17(16-29-22)24(26,27)28/h5-7,15-16H,4,8-14H2,1-3H3. The number of benzene rings is 1. The molecule has 0 unspecified atom stereocenters. The summed E-state index contributed by atoms with van der Waals surface area (Å²) in [7, 11) is -1.12. The molecule has 0 radical (unpaired) electrons. The van der Waals surface area contributed by atoms with Crippen LogP contribution in [0.4, 0.5) is 23.7 Å². The van der Waals surface area contributed by atoms with E-state index in [0.29, 0.717) is 31.8 Å². The molecule has 40 heavy (non-hydrogen) atoms. The second-order valence-corrected chi connectivity index (χ2v) is 10.7. The van der Waals surface area contributed by atoms with Gasteiger partial charge in [-0.05, 0) is 31.7 Å². The molecule has 0 saturated carbocycles. The van der Waals surface area contributed by atoms with Gasteiger partial charge in [0.2, 0.25) is 5.88 Å². The number of carbonyl (C=O) groups excluding carboxylic acids is 1. The largest absolute Gasteiger partial charge is 0.489 e. The number of alkyl halides is 3. The number of methoxy groups -OCH3 is 1. The van der Waals surface area contributed by atoms with Crippen LogP contribution in [0, 0.1) is 0 Å². The number of rotatable bonds is 11. The summed E-state index contributed by atoms with van der Waals surface area (Å²) in [5.74, 6) is -0.369. The number of hydrogen-bond acceptors (Lipinski definition) is 9. The second kappa shape index (κ2) is 13.7. The highest BCUT2D eigenvalue weighted by atomic mass is 35.5. The molecule has 222 valence electrons. The van der Waals surface area contributed by atoms with Crippen molar-refractivity contribution < 1.29 is 44.8 Å². The van der Waals surface area contributed by atoms with Gasteiger partial charge in [-0.25, -0.2) is 9.78 Å². The van der Waals surface area contributed by atoms with Gasteiger partial charge in [-0.1, -0.05) is 24.6 Å². The Morgan fingerprint density at radius 2 is 1.82 bits per heavy atom. The molecule has 1 fully saturated rings. The van der Waals surface area contributed by atoms with Gasteiger partial charge in [-0.3, -0.25) is 4.90 Å². The minimum Gasteiger partial charge on any atom is -0.489 e. The van der Waals surface area contributed by atoms with Gasteiger partial charge in [0, 0.05) is 46.0 Å². The van der Waals surface area contributed by atoms with E-state index >= 15 is 0 Å². The van der Waals surface area contributed by atoms with Crippen LogP contribution in [-0.4, -0.2) is 88.8 Å². The molecule has 2 heterocycles. The number of likely N-dealkylation sites (N-methyl/N-ethyl adjacent to an activating group) is 1. The van der Waals surface area contributed by atoms with Crippen molar-refractivity contribution in [3.63, 3.8) is 0 Å². The number of para-hydroxylation sites is 1. The Kier molecular flexibility index (Phi) is 10.8. The van der Waals surface area contributed by atoms with E-state index in [1.807, 2.05) is 11.9 Å². The van der Waals surface area contributed by atoms with Gasteiger partial charge in [-0.2, -0.15) is 25.9 Å². The molecular formula is C24H30ClF3N4O7S. The number of carbonyl (C=O) groups is 1. The molecule has 1 amide bonds. The summed E-state index contributed by atoms with van der Waals surface area (Å²) >= 11 is 6.04. The molecule has 1 aliphatic heterocycles. The summed E-state index contributed by atoms with van der Waals surface area (Å²) in [6, 6.07) is 5.07. The third kappa shape index (κ3) is 8.10. The lowest BCUT2D eigenvalue weighted by Crippen LogP contribution is -2.49. The number of anilines is 1. The number of nitrogens with zero attached hydrogens (tertiary/aromatic N) is 4. The summed E-state index contributed by atoms with van der Waals surface area (Å²) in [5.41, 5.74) is -1.11. The number of halogens is 4. The van der Waals surface area contributed by atoms with E-state index in [9.17, 15) is 26.4 Å². The van der Waals surface area contributed by atoms with Crippen molar-refractivity contribution in [1.82, 2.24) is 14.2 Å². The van der Waals surface area contributed by atoms with Crippen LogP contribution in [-0.2, 0) is 25.4 Å². The Balaban J connectivity index is 1.99. The van der Waals surface area contributed by atoms with E-state index in [0.717, 1.165) is 9.21 Å². The first-order valence-electron chi connectivity index (χ1n) is 12.2. The smallest absolute Gasteiger partial charge is 0.431 e. The number of ether oxygens (including phenoxy) is 3. The van der Waals surface area contributed by atoms with Gasteiger partial charge in [0.15, 0.2) is 5.75 Å². The SMILES string of the molecule is CCCN(C(=O)OS(=O)(=O)N1CCN(C)CC1)c1c(OCCOC)cccc1Oc1ncc(C(F)(F)F)cc1Cl. The Morgan fingerprint density at radius 1 is 1.15 bits per heavy atom. The van der Waals surface area contributed by atoms with Gasteiger partial charge in [0.05, 0.1) is 12.2 Å².